The maximum Gasteiger partial charge on any atom is 0.0633 e. The van der Waals surface area contributed by atoms with E-state index in [4.69, 9.17) is 9.84 Å². The Balaban J connectivity index is 4.04. The molecule has 0 spiro atoms. The van der Waals surface area contributed by atoms with Gasteiger partial charge < -0.3 is 9.84 Å². The van der Waals surface area contributed by atoms with Gasteiger partial charge in [0.15, 0.2) is 0 Å². The molecule has 0 aromatic rings. The molecule has 0 aliphatic carbocycles. The van der Waals surface area contributed by atoms with Crippen molar-refractivity contribution in [3.8, 4) is 0 Å². The minimum atomic E-state index is 0.119. The lowest BCUT2D eigenvalue weighted by Crippen LogP contribution is -2.25. The lowest BCUT2D eigenvalue weighted by molar-refractivity contribution is 0.0393. The maximum absolute atomic E-state index is 8.62. The molecule has 0 aromatic carbocycles. The average molecular weight is 200 g/mol. The summed E-state index contributed by atoms with van der Waals surface area (Å²) in [6.07, 6.45) is 6.11. The number of aliphatic hydroxyl groups excluding tert-OH is 1. The standard InChI is InChI=1S/C12H24O2/c1-5-10(2)11(3)12(14-4)8-6-7-9-13/h6-7,10-13H,5,8-9H2,1-4H3. The Hall–Kier alpha value is -0.340. The highest BCUT2D eigenvalue weighted by molar-refractivity contribution is 4.86. The molecule has 0 aliphatic heterocycles. The van der Waals surface area contributed by atoms with Crippen LogP contribution in [0.3, 0.4) is 0 Å². The lowest BCUT2D eigenvalue weighted by atomic mass is 9.87. The summed E-state index contributed by atoms with van der Waals surface area (Å²) in [4.78, 5) is 0. The molecule has 2 nitrogen and oxygen atoms in total. The largest absolute Gasteiger partial charge is 0.392 e. The van der Waals surface area contributed by atoms with Gasteiger partial charge in [0.1, 0.15) is 0 Å². The zero-order chi connectivity index (χ0) is 11.0. The van der Waals surface area contributed by atoms with Crippen LogP contribution in [0.4, 0.5) is 0 Å². The van der Waals surface area contributed by atoms with Gasteiger partial charge in [0.25, 0.3) is 0 Å². The minimum Gasteiger partial charge on any atom is -0.392 e. The van der Waals surface area contributed by atoms with E-state index < -0.39 is 0 Å². The molecule has 0 radical (unpaired) electrons. The molecule has 0 heterocycles. The molecule has 0 rings (SSSR count). The van der Waals surface area contributed by atoms with Gasteiger partial charge in [0.2, 0.25) is 0 Å². The molecule has 0 aliphatic rings. The fourth-order valence-corrected chi connectivity index (χ4v) is 1.57. The Labute approximate surface area is 88.0 Å². The molecule has 0 bridgehead atoms. The zero-order valence-electron chi connectivity index (χ0n) is 9.86. The minimum absolute atomic E-state index is 0.119. The van der Waals surface area contributed by atoms with Crippen LogP contribution < -0.4 is 0 Å². The predicted molar refractivity (Wildman–Crippen MR) is 60.3 cm³/mol. The van der Waals surface area contributed by atoms with Crippen LogP contribution in [-0.2, 0) is 4.74 Å². The molecule has 0 saturated carbocycles. The number of hydrogen-bond donors (Lipinski definition) is 1. The molecular formula is C12H24O2. The second kappa shape index (κ2) is 8.01. The van der Waals surface area contributed by atoms with Crippen LogP contribution in [0.2, 0.25) is 0 Å². The van der Waals surface area contributed by atoms with Gasteiger partial charge >= 0.3 is 0 Å². The van der Waals surface area contributed by atoms with Crippen molar-refractivity contribution in [1.82, 2.24) is 0 Å². The SMILES string of the molecule is CCC(C)C(C)C(CC=CCO)OC. The van der Waals surface area contributed by atoms with E-state index in [0.29, 0.717) is 11.8 Å². The van der Waals surface area contributed by atoms with Crippen molar-refractivity contribution >= 4 is 0 Å². The summed E-state index contributed by atoms with van der Waals surface area (Å²) in [6, 6.07) is 0. The van der Waals surface area contributed by atoms with Crippen molar-refractivity contribution in [2.45, 2.75) is 39.7 Å². The second-order valence-electron chi connectivity index (χ2n) is 3.91. The highest BCUT2D eigenvalue weighted by atomic mass is 16.5. The van der Waals surface area contributed by atoms with Gasteiger partial charge in [-0.05, 0) is 18.3 Å². The summed E-state index contributed by atoms with van der Waals surface area (Å²) < 4.78 is 5.45. The van der Waals surface area contributed by atoms with Gasteiger partial charge in [0.05, 0.1) is 12.7 Å². The van der Waals surface area contributed by atoms with Gasteiger partial charge in [0, 0.05) is 7.11 Å². The molecule has 3 atom stereocenters. The van der Waals surface area contributed by atoms with Crippen LogP contribution in [0.1, 0.15) is 33.6 Å². The highest BCUT2D eigenvalue weighted by Gasteiger charge is 2.19. The number of hydrogen-bond acceptors (Lipinski definition) is 2. The molecule has 2 heteroatoms. The lowest BCUT2D eigenvalue weighted by Gasteiger charge is -2.26. The van der Waals surface area contributed by atoms with Gasteiger partial charge in [-0.1, -0.05) is 39.3 Å². The number of rotatable bonds is 7. The maximum atomic E-state index is 8.62. The number of methoxy groups -OCH3 is 1. The van der Waals surface area contributed by atoms with E-state index in [1.807, 2.05) is 6.08 Å². The third-order valence-corrected chi connectivity index (χ3v) is 3.07. The van der Waals surface area contributed by atoms with Crippen molar-refractivity contribution in [2.24, 2.45) is 11.8 Å². The molecule has 14 heavy (non-hydrogen) atoms. The predicted octanol–water partition coefficient (Wildman–Crippen LogP) is 2.62. The summed E-state index contributed by atoms with van der Waals surface area (Å²) in [5.41, 5.74) is 0. The molecule has 3 unspecified atom stereocenters. The molecule has 1 N–H and O–H groups in total. The summed E-state index contributed by atoms with van der Waals surface area (Å²) in [7, 11) is 1.76. The van der Waals surface area contributed by atoms with Crippen molar-refractivity contribution < 1.29 is 9.84 Å². The van der Waals surface area contributed by atoms with Crippen molar-refractivity contribution in [2.75, 3.05) is 13.7 Å². The van der Waals surface area contributed by atoms with Crippen molar-refractivity contribution in [1.29, 1.82) is 0 Å². The monoisotopic (exact) mass is 200 g/mol. The average Bonchev–Trinajstić information content (AvgIpc) is 2.22. The van der Waals surface area contributed by atoms with E-state index in [9.17, 15) is 0 Å². The highest BCUT2D eigenvalue weighted by Crippen LogP contribution is 2.22. The first-order valence-corrected chi connectivity index (χ1v) is 5.45. The Bertz CT molecular complexity index is 154. The fraction of sp³-hybridized carbons (Fsp3) is 0.833. The molecule has 0 aromatic heterocycles. The van der Waals surface area contributed by atoms with E-state index in [-0.39, 0.29) is 12.7 Å². The third kappa shape index (κ3) is 4.77. The normalized spacial score (nSPS) is 18.4. The Morgan fingerprint density at radius 2 is 1.93 bits per heavy atom. The van der Waals surface area contributed by atoms with E-state index in [2.05, 4.69) is 20.8 Å². The van der Waals surface area contributed by atoms with E-state index in [1.54, 1.807) is 13.2 Å². The topological polar surface area (TPSA) is 29.5 Å². The third-order valence-electron chi connectivity index (χ3n) is 3.07. The summed E-state index contributed by atoms with van der Waals surface area (Å²) in [5, 5.41) is 8.62. The summed E-state index contributed by atoms with van der Waals surface area (Å²) in [5.74, 6) is 1.25. The Morgan fingerprint density at radius 1 is 1.29 bits per heavy atom. The number of aliphatic hydroxyl groups is 1. The van der Waals surface area contributed by atoms with E-state index >= 15 is 0 Å². The first-order valence-electron chi connectivity index (χ1n) is 5.45. The van der Waals surface area contributed by atoms with Crippen molar-refractivity contribution in [3.05, 3.63) is 12.2 Å². The molecule has 84 valence electrons. The van der Waals surface area contributed by atoms with Crippen LogP contribution in [0, 0.1) is 11.8 Å². The van der Waals surface area contributed by atoms with Crippen LogP contribution in [0.15, 0.2) is 12.2 Å². The fourth-order valence-electron chi connectivity index (χ4n) is 1.57. The molecule has 0 saturated heterocycles. The summed E-state index contributed by atoms with van der Waals surface area (Å²) in [6.45, 7) is 6.81. The molecule has 0 fully saturated rings. The van der Waals surface area contributed by atoms with E-state index in [0.717, 1.165) is 6.42 Å². The van der Waals surface area contributed by atoms with Crippen LogP contribution in [0.5, 0.6) is 0 Å². The molecule has 0 amide bonds. The first kappa shape index (κ1) is 13.7. The van der Waals surface area contributed by atoms with Gasteiger partial charge in [-0.15, -0.1) is 0 Å². The summed E-state index contributed by atoms with van der Waals surface area (Å²) >= 11 is 0. The van der Waals surface area contributed by atoms with Gasteiger partial charge in [-0.3, -0.25) is 0 Å². The Morgan fingerprint density at radius 3 is 2.36 bits per heavy atom. The van der Waals surface area contributed by atoms with E-state index in [1.165, 1.54) is 6.42 Å². The molecular weight excluding hydrogens is 176 g/mol. The Kier molecular flexibility index (Phi) is 7.81. The number of ether oxygens (including phenoxy) is 1. The zero-order valence-corrected chi connectivity index (χ0v) is 9.86. The second-order valence-corrected chi connectivity index (χ2v) is 3.91. The quantitative estimate of drug-likeness (QED) is 0.640. The van der Waals surface area contributed by atoms with Crippen LogP contribution in [0.25, 0.3) is 0 Å². The van der Waals surface area contributed by atoms with Crippen LogP contribution >= 0.6 is 0 Å². The van der Waals surface area contributed by atoms with Crippen molar-refractivity contribution in [3.63, 3.8) is 0 Å². The smallest absolute Gasteiger partial charge is 0.0633 e. The van der Waals surface area contributed by atoms with Gasteiger partial charge in [-0.2, -0.15) is 0 Å². The van der Waals surface area contributed by atoms with Crippen LogP contribution in [-0.4, -0.2) is 24.9 Å². The first-order chi connectivity index (χ1) is 6.67. The van der Waals surface area contributed by atoms with Gasteiger partial charge in [-0.25, -0.2) is 0 Å².